The van der Waals surface area contributed by atoms with Gasteiger partial charge in [-0.3, -0.25) is 4.72 Å². The Kier molecular flexibility index (Phi) is 5.32. The van der Waals surface area contributed by atoms with Crippen LogP contribution < -0.4 is 10.0 Å². The highest BCUT2D eigenvalue weighted by Crippen LogP contribution is 2.29. The van der Waals surface area contributed by atoms with Crippen molar-refractivity contribution in [2.24, 2.45) is 0 Å². The van der Waals surface area contributed by atoms with Gasteiger partial charge in [0.25, 0.3) is 10.0 Å². The molecule has 0 fully saturated rings. The number of nitrogens with zero attached hydrogens (tertiary/aromatic N) is 2. The molecule has 158 valence electrons. The lowest BCUT2D eigenvalue weighted by Crippen LogP contribution is -2.17. The molecule has 0 bridgehead atoms. The summed E-state index contributed by atoms with van der Waals surface area (Å²) in [7, 11) is -4.02. The third kappa shape index (κ3) is 4.34. The van der Waals surface area contributed by atoms with E-state index in [4.69, 9.17) is 0 Å². The summed E-state index contributed by atoms with van der Waals surface area (Å²) >= 11 is 0. The Morgan fingerprint density at radius 2 is 1.48 bits per heavy atom. The third-order valence-electron chi connectivity index (χ3n) is 4.87. The molecule has 0 aliphatic heterocycles. The van der Waals surface area contributed by atoms with Crippen molar-refractivity contribution in [3.8, 4) is 0 Å². The highest BCUT2D eigenvalue weighted by molar-refractivity contribution is 7.92. The largest absolute Gasteiger partial charge is 0.337 e. The number of aromatic nitrogens is 2. The first-order valence-corrected chi connectivity index (χ1v) is 11.1. The first-order valence-electron chi connectivity index (χ1n) is 9.63. The van der Waals surface area contributed by atoms with Gasteiger partial charge in [0.05, 0.1) is 15.9 Å². The molecule has 0 atom stereocenters. The maximum absolute atomic E-state index is 13.5. The summed E-state index contributed by atoms with van der Waals surface area (Å²) < 4.78 is 42.1. The standard InChI is InChI=1S/C23H21FN4O2S/c1-14-8-9-15(2)20(12-14)27-22-23(26-19-7-5-4-6-18(19)25-22)28-31(29,30)21-11-10-17(24)13-16(21)3/h4-13H,1-3H3,(H,25,27)(H,26,28). The number of sulfonamides is 1. The maximum Gasteiger partial charge on any atom is 0.263 e. The Morgan fingerprint density at radius 3 is 2.16 bits per heavy atom. The fourth-order valence-electron chi connectivity index (χ4n) is 3.25. The van der Waals surface area contributed by atoms with Crippen molar-refractivity contribution < 1.29 is 12.8 Å². The zero-order valence-electron chi connectivity index (χ0n) is 17.3. The summed E-state index contributed by atoms with van der Waals surface area (Å²) in [6.07, 6.45) is 0. The van der Waals surface area contributed by atoms with E-state index < -0.39 is 15.8 Å². The van der Waals surface area contributed by atoms with E-state index in [1.165, 1.54) is 12.1 Å². The van der Waals surface area contributed by atoms with Gasteiger partial charge < -0.3 is 5.32 Å². The van der Waals surface area contributed by atoms with Gasteiger partial charge in [0.15, 0.2) is 11.6 Å². The lowest BCUT2D eigenvalue weighted by atomic mass is 10.1. The summed E-state index contributed by atoms with van der Waals surface area (Å²) in [6.45, 7) is 5.46. The number of fused-ring (bicyclic) bond motifs is 1. The van der Waals surface area contributed by atoms with E-state index in [1.807, 2.05) is 38.1 Å². The number of anilines is 3. The van der Waals surface area contributed by atoms with Gasteiger partial charge >= 0.3 is 0 Å². The van der Waals surface area contributed by atoms with E-state index in [1.54, 1.807) is 25.1 Å². The van der Waals surface area contributed by atoms with Crippen LogP contribution in [0, 0.1) is 26.6 Å². The molecule has 0 radical (unpaired) electrons. The van der Waals surface area contributed by atoms with Crippen LogP contribution in [0.5, 0.6) is 0 Å². The Balaban J connectivity index is 1.82. The van der Waals surface area contributed by atoms with Crippen LogP contribution in [-0.2, 0) is 10.0 Å². The van der Waals surface area contributed by atoms with Crippen molar-refractivity contribution in [2.75, 3.05) is 10.0 Å². The summed E-state index contributed by atoms with van der Waals surface area (Å²) in [4.78, 5) is 9.06. The predicted octanol–water partition coefficient (Wildman–Crippen LogP) is 5.24. The van der Waals surface area contributed by atoms with Crippen LogP contribution in [0.2, 0.25) is 0 Å². The van der Waals surface area contributed by atoms with Crippen LogP contribution >= 0.6 is 0 Å². The molecule has 0 saturated heterocycles. The van der Waals surface area contributed by atoms with Gasteiger partial charge in [-0.2, -0.15) is 0 Å². The molecule has 31 heavy (non-hydrogen) atoms. The first-order chi connectivity index (χ1) is 14.7. The minimum Gasteiger partial charge on any atom is -0.337 e. The van der Waals surface area contributed by atoms with E-state index in [0.717, 1.165) is 22.9 Å². The summed E-state index contributed by atoms with van der Waals surface area (Å²) in [5.74, 6) is -0.168. The molecular weight excluding hydrogens is 415 g/mol. The molecule has 6 nitrogen and oxygen atoms in total. The monoisotopic (exact) mass is 436 g/mol. The number of rotatable bonds is 5. The number of hydrogen-bond donors (Lipinski definition) is 2. The number of para-hydroxylation sites is 2. The SMILES string of the molecule is Cc1ccc(C)c(Nc2nc3ccccc3nc2NS(=O)(=O)c2ccc(F)cc2C)c1. The molecule has 0 spiro atoms. The molecule has 0 amide bonds. The van der Waals surface area contributed by atoms with Gasteiger partial charge in [-0.1, -0.05) is 24.3 Å². The average Bonchev–Trinajstić information content (AvgIpc) is 2.70. The number of halogens is 1. The van der Waals surface area contributed by atoms with Crippen molar-refractivity contribution in [1.82, 2.24) is 9.97 Å². The Morgan fingerprint density at radius 1 is 0.806 bits per heavy atom. The van der Waals surface area contributed by atoms with E-state index in [9.17, 15) is 12.8 Å². The quantitative estimate of drug-likeness (QED) is 0.447. The van der Waals surface area contributed by atoms with Gasteiger partial charge in [0.1, 0.15) is 5.82 Å². The van der Waals surface area contributed by atoms with Gasteiger partial charge in [-0.15, -0.1) is 0 Å². The van der Waals surface area contributed by atoms with Crippen LogP contribution in [0.15, 0.2) is 65.6 Å². The van der Waals surface area contributed by atoms with Crippen LogP contribution in [0.1, 0.15) is 16.7 Å². The third-order valence-corrected chi connectivity index (χ3v) is 6.37. The molecule has 0 aliphatic rings. The molecule has 4 rings (SSSR count). The molecular formula is C23H21FN4O2S. The van der Waals surface area contributed by atoms with E-state index in [-0.39, 0.29) is 16.5 Å². The lowest BCUT2D eigenvalue weighted by Gasteiger charge is -2.16. The zero-order valence-corrected chi connectivity index (χ0v) is 18.1. The summed E-state index contributed by atoms with van der Waals surface area (Å²) in [5.41, 5.74) is 4.28. The van der Waals surface area contributed by atoms with Gasteiger partial charge in [-0.25, -0.2) is 22.8 Å². The second-order valence-electron chi connectivity index (χ2n) is 7.37. The lowest BCUT2D eigenvalue weighted by molar-refractivity contribution is 0.598. The summed E-state index contributed by atoms with van der Waals surface area (Å²) in [6, 6.07) is 16.6. The maximum atomic E-state index is 13.5. The fraction of sp³-hybridized carbons (Fsp3) is 0.130. The van der Waals surface area contributed by atoms with Crippen molar-refractivity contribution >= 4 is 38.4 Å². The Labute approximate surface area is 180 Å². The second kappa shape index (κ2) is 7.96. The zero-order chi connectivity index (χ0) is 22.2. The molecule has 2 N–H and O–H groups in total. The van der Waals surface area contributed by atoms with E-state index in [0.29, 0.717) is 16.6 Å². The number of hydrogen-bond acceptors (Lipinski definition) is 5. The molecule has 1 aromatic heterocycles. The Hall–Kier alpha value is -3.52. The summed E-state index contributed by atoms with van der Waals surface area (Å²) in [5, 5.41) is 3.21. The van der Waals surface area contributed by atoms with Crippen molar-refractivity contribution in [3.63, 3.8) is 0 Å². The number of benzene rings is 3. The van der Waals surface area contributed by atoms with Gasteiger partial charge in [0.2, 0.25) is 0 Å². The minimum atomic E-state index is -4.02. The number of nitrogens with one attached hydrogen (secondary N) is 2. The van der Waals surface area contributed by atoms with Crippen molar-refractivity contribution in [2.45, 2.75) is 25.7 Å². The fourth-order valence-corrected chi connectivity index (χ4v) is 4.49. The van der Waals surface area contributed by atoms with Crippen LogP contribution in [-0.4, -0.2) is 18.4 Å². The van der Waals surface area contributed by atoms with Crippen LogP contribution in [0.25, 0.3) is 11.0 Å². The van der Waals surface area contributed by atoms with Crippen LogP contribution in [0.4, 0.5) is 21.7 Å². The average molecular weight is 437 g/mol. The van der Waals surface area contributed by atoms with Crippen molar-refractivity contribution in [1.29, 1.82) is 0 Å². The van der Waals surface area contributed by atoms with Crippen molar-refractivity contribution in [3.05, 3.63) is 83.2 Å². The van der Waals surface area contributed by atoms with Gasteiger partial charge in [-0.05, 0) is 73.9 Å². The number of aryl methyl sites for hydroxylation is 3. The predicted molar refractivity (Wildman–Crippen MR) is 121 cm³/mol. The van der Waals surface area contributed by atoms with E-state index in [2.05, 4.69) is 20.0 Å². The molecule has 8 heteroatoms. The molecule has 4 aromatic rings. The highest BCUT2D eigenvalue weighted by Gasteiger charge is 2.21. The molecule has 0 saturated carbocycles. The second-order valence-corrected chi connectivity index (χ2v) is 9.02. The molecule has 3 aromatic carbocycles. The van der Waals surface area contributed by atoms with E-state index >= 15 is 0 Å². The first kappa shape index (κ1) is 20.7. The molecule has 0 unspecified atom stereocenters. The topological polar surface area (TPSA) is 84.0 Å². The van der Waals surface area contributed by atoms with Crippen LogP contribution in [0.3, 0.4) is 0 Å². The normalized spacial score (nSPS) is 11.5. The van der Waals surface area contributed by atoms with Gasteiger partial charge in [0, 0.05) is 5.69 Å². The molecule has 0 aliphatic carbocycles. The molecule has 1 heterocycles. The smallest absolute Gasteiger partial charge is 0.263 e. The highest BCUT2D eigenvalue weighted by atomic mass is 32.2. The Bertz CT molecular complexity index is 1400. The minimum absolute atomic E-state index is 0.0263.